The summed E-state index contributed by atoms with van der Waals surface area (Å²) in [7, 11) is 7.25. The topological polar surface area (TPSA) is 51.2 Å². The third-order valence-electron chi connectivity index (χ3n) is 4.92. The SMILES string of the molecule is COc1cc2c(cc1OC)CN(C(=O)c1ccccc1OCCN(C)C)CC2. The molecule has 0 aromatic heterocycles. The van der Waals surface area contributed by atoms with Crippen molar-refractivity contribution in [1.29, 1.82) is 0 Å². The van der Waals surface area contributed by atoms with Gasteiger partial charge in [0.1, 0.15) is 12.4 Å². The molecule has 1 heterocycles. The number of likely N-dealkylation sites (N-methyl/N-ethyl adjacent to an activating group) is 1. The second-order valence-corrected chi connectivity index (χ2v) is 7.10. The highest BCUT2D eigenvalue weighted by Gasteiger charge is 2.25. The Hall–Kier alpha value is -2.73. The maximum atomic E-state index is 13.2. The van der Waals surface area contributed by atoms with Gasteiger partial charge in [-0.2, -0.15) is 0 Å². The number of ether oxygens (including phenoxy) is 3. The van der Waals surface area contributed by atoms with Gasteiger partial charge in [0.15, 0.2) is 11.5 Å². The number of amides is 1. The highest BCUT2D eigenvalue weighted by atomic mass is 16.5. The molecule has 1 aliphatic rings. The van der Waals surface area contributed by atoms with E-state index in [1.54, 1.807) is 14.2 Å². The largest absolute Gasteiger partial charge is 0.493 e. The molecule has 0 bridgehead atoms. The third-order valence-corrected chi connectivity index (χ3v) is 4.92. The number of carbonyl (C=O) groups is 1. The Labute approximate surface area is 166 Å². The summed E-state index contributed by atoms with van der Waals surface area (Å²) >= 11 is 0. The molecule has 0 radical (unpaired) electrons. The maximum absolute atomic E-state index is 13.2. The molecule has 0 unspecified atom stereocenters. The highest BCUT2D eigenvalue weighted by molar-refractivity contribution is 5.97. The minimum absolute atomic E-state index is 0.0131. The molecule has 150 valence electrons. The van der Waals surface area contributed by atoms with E-state index in [0.29, 0.717) is 36.8 Å². The van der Waals surface area contributed by atoms with E-state index in [9.17, 15) is 4.79 Å². The molecule has 0 atom stereocenters. The quantitative estimate of drug-likeness (QED) is 0.735. The van der Waals surface area contributed by atoms with Crippen molar-refractivity contribution in [1.82, 2.24) is 9.80 Å². The van der Waals surface area contributed by atoms with Crippen molar-refractivity contribution in [3.63, 3.8) is 0 Å². The van der Waals surface area contributed by atoms with Crippen LogP contribution < -0.4 is 14.2 Å². The Bertz CT molecular complexity index is 835. The van der Waals surface area contributed by atoms with Gasteiger partial charge in [0, 0.05) is 19.6 Å². The summed E-state index contributed by atoms with van der Waals surface area (Å²) in [6.45, 7) is 2.53. The number of hydrogen-bond donors (Lipinski definition) is 0. The first-order valence-corrected chi connectivity index (χ1v) is 9.43. The van der Waals surface area contributed by atoms with Crippen LogP contribution >= 0.6 is 0 Å². The zero-order valence-corrected chi connectivity index (χ0v) is 17.0. The van der Waals surface area contributed by atoms with Crippen LogP contribution in [0, 0.1) is 0 Å². The van der Waals surface area contributed by atoms with Gasteiger partial charge in [-0.15, -0.1) is 0 Å². The lowest BCUT2D eigenvalue weighted by Crippen LogP contribution is -2.36. The number of methoxy groups -OCH3 is 2. The van der Waals surface area contributed by atoms with Gasteiger partial charge in [-0.1, -0.05) is 12.1 Å². The van der Waals surface area contributed by atoms with Crippen molar-refractivity contribution >= 4 is 5.91 Å². The summed E-state index contributed by atoms with van der Waals surface area (Å²) in [4.78, 5) is 17.1. The summed E-state index contributed by atoms with van der Waals surface area (Å²) in [6, 6.07) is 11.4. The molecule has 28 heavy (non-hydrogen) atoms. The second kappa shape index (κ2) is 8.97. The normalized spacial score (nSPS) is 13.2. The van der Waals surface area contributed by atoms with Crippen LogP contribution in [0.4, 0.5) is 0 Å². The molecule has 0 fully saturated rings. The van der Waals surface area contributed by atoms with Crippen LogP contribution in [0.15, 0.2) is 36.4 Å². The Balaban J connectivity index is 1.78. The lowest BCUT2D eigenvalue weighted by Gasteiger charge is -2.30. The van der Waals surface area contributed by atoms with E-state index in [4.69, 9.17) is 14.2 Å². The van der Waals surface area contributed by atoms with Crippen molar-refractivity contribution in [2.45, 2.75) is 13.0 Å². The van der Waals surface area contributed by atoms with Gasteiger partial charge in [-0.05, 0) is 55.9 Å². The van der Waals surface area contributed by atoms with Crippen LogP contribution in [0.5, 0.6) is 17.2 Å². The number of para-hydroxylation sites is 1. The molecular weight excluding hydrogens is 356 g/mol. The van der Waals surface area contributed by atoms with Crippen molar-refractivity contribution in [2.75, 3.05) is 48.0 Å². The van der Waals surface area contributed by atoms with Crippen LogP contribution in [0.25, 0.3) is 0 Å². The molecule has 6 nitrogen and oxygen atoms in total. The zero-order chi connectivity index (χ0) is 20.1. The van der Waals surface area contributed by atoms with Gasteiger partial charge >= 0.3 is 0 Å². The molecule has 1 aliphatic heterocycles. The predicted molar refractivity (Wildman–Crippen MR) is 108 cm³/mol. The first-order valence-electron chi connectivity index (χ1n) is 9.43. The number of rotatable bonds is 7. The van der Waals surface area contributed by atoms with Crippen molar-refractivity contribution in [3.05, 3.63) is 53.1 Å². The average molecular weight is 384 g/mol. The summed E-state index contributed by atoms with van der Waals surface area (Å²) in [5.74, 6) is 2.02. The molecule has 0 aliphatic carbocycles. The molecule has 6 heteroatoms. The first-order chi connectivity index (χ1) is 13.5. The molecule has 0 N–H and O–H groups in total. The van der Waals surface area contributed by atoms with E-state index in [0.717, 1.165) is 24.3 Å². The highest BCUT2D eigenvalue weighted by Crippen LogP contribution is 2.34. The van der Waals surface area contributed by atoms with Gasteiger partial charge in [-0.3, -0.25) is 4.79 Å². The van der Waals surface area contributed by atoms with E-state index in [1.165, 1.54) is 5.56 Å². The fourth-order valence-electron chi connectivity index (χ4n) is 3.33. The minimum Gasteiger partial charge on any atom is -0.493 e. The van der Waals surface area contributed by atoms with E-state index in [1.807, 2.05) is 60.3 Å². The van der Waals surface area contributed by atoms with E-state index in [2.05, 4.69) is 0 Å². The molecule has 0 saturated heterocycles. The van der Waals surface area contributed by atoms with Crippen LogP contribution in [0.2, 0.25) is 0 Å². The van der Waals surface area contributed by atoms with E-state index in [-0.39, 0.29) is 5.91 Å². The molecule has 2 aromatic rings. The first kappa shape index (κ1) is 20.0. The molecule has 3 rings (SSSR count). The average Bonchev–Trinajstić information content (AvgIpc) is 2.71. The van der Waals surface area contributed by atoms with Crippen LogP contribution in [0.1, 0.15) is 21.5 Å². The number of fused-ring (bicyclic) bond motifs is 1. The molecule has 1 amide bonds. The molecule has 2 aromatic carbocycles. The number of carbonyl (C=O) groups excluding carboxylic acids is 1. The van der Waals surface area contributed by atoms with E-state index < -0.39 is 0 Å². The lowest BCUT2D eigenvalue weighted by molar-refractivity contribution is 0.0729. The Morgan fingerprint density at radius 2 is 1.71 bits per heavy atom. The molecule has 0 saturated carbocycles. The zero-order valence-electron chi connectivity index (χ0n) is 17.0. The lowest BCUT2D eigenvalue weighted by atomic mass is 9.98. The van der Waals surface area contributed by atoms with Gasteiger partial charge in [0.05, 0.1) is 19.8 Å². The maximum Gasteiger partial charge on any atom is 0.257 e. The van der Waals surface area contributed by atoms with Gasteiger partial charge in [0.2, 0.25) is 0 Å². The van der Waals surface area contributed by atoms with Gasteiger partial charge in [-0.25, -0.2) is 0 Å². The Morgan fingerprint density at radius 3 is 2.39 bits per heavy atom. The van der Waals surface area contributed by atoms with Crippen LogP contribution in [-0.4, -0.2) is 63.7 Å². The monoisotopic (exact) mass is 384 g/mol. The number of benzene rings is 2. The predicted octanol–water partition coefficient (Wildman–Crippen LogP) is 2.84. The van der Waals surface area contributed by atoms with Crippen molar-refractivity contribution in [2.24, 2.45) is 0 Å². The number of nitrogens with zero attached hydrogens (tertiary/aromatic N) is 2. The Morgan fingerprint density at radius 1 is 1.04 bits per heavy atom. The molecule has 0 spiro atoms. The van der Waals surface area contributed by atoms with Crippen molar-refractivity contribution < 1.29 is 19.0 Å². The fourth-order valence-corrected chi connectivity index (χ4v) is 3.33. The van der Waals surface area contributed by atoms with Crippen LogP contribution in [-0.2, 0) is 13.0 Å². The summed E-state index contributed by atoms with van der Waals surface area (Å²) in [5, 5.41) is 0. The summed E-state index contributed by atoms with van der Waals surface area (Å²) < 4.78 is 16.7. The van der Waals surface area contributed by atoms with Gasteiger partial charge in [0.25, 0.3) is 5.91 Å². The molecular formula is C22H28N2O4. The summed E-state index contributed by atoms with van der Waals surface area (Å²) in [6.07, 6.45) is 0.783. The summed E-state index contributed by atoms with van der Waals surface area (Å²) in [5.41, 5.74) is 2.88. The minimum atomic E-state index is -0.0131. The second-order valence-electron chi connectivity index (χ2n) is 7.10. The van der Waals surface area contributed by atoms with E-state index >= 15 is 0 Å². The standard InChI is InChI=1S/C22H28N2O4/c1-23(2)11-12-28-19-8-6-5-7-18(19)22(25)24-10-9-16-13-20(26-3)21(27-4)14-17(16)15-24/h5-8,13-14H,9-12,15H2,1-4H3. The van der Waals surface area contributed by atoms with Crippen LogP contribution in [0.3, 0.4) is 0 Å². The smallest absolute Gasteiger partial charge is 0.257 e. The van der Waals surface area contributed by atoms with Gasteiger partial charge < -0.3 is 24.0 Å². The third kappa shape index (κ3) is 4.39. The number of hydrogen-bond acceptors (Lipinski definition) is 5. The Kier molecular flexibility index (Phi) is 6.41. The fraction of sp³-hybridized carbons (Fsp3) is 0.409. The van der Waals surface area contributed by atoms with Crippen molar-refractivity contribution in [3.8, 4) is 17.2 Å².